The number of thiazole rings is 1. The van der Waals surface area contributed by atoms with Crippen LogP contribution in [0.15, 0.2) is 41.2 Å². The van der Waals surface area contributed by atoms with Crippen LogP contribution in [0.25, 0.3) is 6.08 Å². The van der Waals surface area contributed by atoms with E-state index in [0.29, 0.717) is 10.9 Å². The van der Waals surface area contributed by atoms with Gasteiger partial charge in [0.05, 0.1) is 24.5 Å². The van der Waals surface area contributed by atoms with Crippen molar-refractivity contribution in [3.63, 3.8) is 0 Å². The quantitative estimate of drug-likeness (QED) is 0.277. The predicted molar refractivity (Wildman–Crippen MR) is 140 cm³/mol. The monoisotopic (exact) mass is 539 g/mol. The van der Waals surface area contributed by atoms with Gasteiger partial charge in [0.2, 0.25) is 0 Å². The Labute approximate surface area is 212 Å². The smallest absolute Gasteiger partial charge is 0.306 e. The fourth-order valence-electron chi connectivity index (χ4n) is 4.38. The average molecular weight is 540 g/mol. The molecule has 2 aromatic rings. The first-order chi connectivity index (χ1) is 16.6. The molecule has 0 N–H and O–H groups in total. The summed E-state index contributed by atoms with van der Waals surface area (Å²) in [5.41, 5.74) is 0.848. The fourth-order valence-corrected chi connectivity index (χ4v) is 7.26. The number of carbonyl (C=O) groups is 1. The number of hydrogen-bond donors (Lipinski definition) is 0. The maximum absolute atomic E-state index is 13.4. The lowest BCUT2D eigenvalue weighted by molar-refractivity contribution is -0.120. The molecular weight excluding hydrogens is 505 g/mol. The number of benzene rings is 1. The summed E-state index contributed by atoms with van der Waals surface area (Å²) in [6, 6.07) is 6.70. The lowest BCUT2D eigenvalue weighted by Gasteiger charge is -2.20. The standard InChI is InChI=1S/C25H34NO6PS2/c1-4-31-33(28,32-5-2)15-14-21-18-26-25(34-21)17-24(27)23(16-19-8-6-7-9-19)20-10-12-22(13-11-20)35(3,29)30/h10-15,18-19,23H,4-9,16-17H2,1-3H3/b15-14+/t23-/m1/s1. The molecule has 7 nitrogen and oxygen atoms in total. The van der Waals surface area contributed by atoms with Gasteiger partial charge >= 0.3 is 7.60 Å². The maximum atomic E-state index is 13.4. The van der Waals surface area contributed by atoms with Crippen LogP contribution in [0.1, 0.15) is 67.3 Å². The van der Waals surface area contributed by atoms with E-state index in [4.69, 9.17) is 9.05 Å². The lowest BCUT2D eigenvalue weighted by atomic mass is 9.84. The Morgan fingerprint density at radius 1 is 1.17 bits per heavy atom. The Balaban J connectivity index is 1.76. The van der Waals surface area contributed by atoms with E-state index in [-0.39, 0.29) is 36.2 Å². The molecular formula is C25H34NO6PS2. The Morgan fingerprint density at radius 3 is 2.37 bits per heavy atom. The molecule has 1 saturated carbocycles. The highest BCUT2D eigenvalue weighted by molar-refractivity contribution is 7.90. The van der Waals surface area contributed by atoms with Crippen LogP contribution in [0.4, 0.5) is 0 Å². The highest BCUT2D eigenvalue weighted by Gasteiger charge is 2.27. The van der Waals surface area contributed by atoms with Crippen molar-refractivity contribution in [2.75, 3.05) is 19.5 Å². The van der Waals surface area contributed by atoms with E-state index in [0.717, 1.165) is 29.7 Å². The molecule has 1 aromatic heterocycles. The molecule has 35 heavy (non-hydrogen) atoms. The van der Waals surface area contributed by atoms with Crippen LogP contribution in [0, 0.1) is 5.92 Å². The Kier molecular flexibility index (Phi) is 10.0. The van der Waals surface area contributed by atoms with Crippen LogP contribution in [0.3, 0.4) is 0 Å². The molecule has 3 rings (SSSR count). The first-order valence-corrected chi connectivity index (χ1v) is 16.3. The predicted octanol–water partition coefficient (Wildman–Crippen LogP) is 6.26. The SMILES string of the molecule is CCOP(=O)(/C=C/c1cnc(CC(=O)[C@H](CC2CCCC2)c2ccc(S(C)(=O)=O)cc2)s1)OCC. The molecule has 0 unspecified atom stereocenters. The van der Waals surface area contributed by atoms with Crippen LogP contribution < -0.4 is 0 Å². The van der Waals surface area contributed by atoms with Crippen molar-refractivity contribution >= 4 is 40.6 Å². The van der Waals surface area contributed by atoms with E-state index in [1.54, 1.807) is 50.4 Å². The third-order valence-corrected chi connectivity index (χ3v) is 9.92. The van der Waals surface area contributed by atoms with E-state index >= 15 is 0 Å². The van der Waals surface area contributed by atoms with Gasteiger partial charge in [-0.25, -0.2) is 13.4 Å². The minimum atomic E-state index is -3.30. The van der Waals surface area contributed by atoms with E-state index < -0.39 is 17.4 Å². The summed E-state index contributed by atoms with van der Waals surface area (Å²) < 4.78 is 46.9. The normalized spacial score (nSPS) is 16.2. The molecule has 0 bridgehead atoms. The molecule has 1 aliphatic rings. The lowest BCUT2D eigenvalue weighted by Crippen LogP contribution is -2.18. The van der Waals surface area contributed by atoms with Gasteiger partial charge in [-0.05, 0) is 50.0 Å². The van der Waals surface area contributed by atoms with Crippen molar-refractivity contribution in [1.82, 2.24) is 4.98 Å². The number of Topliss-reactive ketones (excluding diaryl/α,β-unsaturated/α-hetero) is 1. The van der Waals surface area contributed by atoms with E-state index in [1.807, 2.05) is 0 Å². The summed E-state index contributed by atoms with van der Waals surface area (Å²) in [5, 5.41) is 0.682. The number of hydrogen-bond acceptors (Lipinski definition) is 8. The van der Waals surface area contributed by atoms with E-state index in [9.17, 15) is 17.8 Å². The molecule has 1 fully saturated rings. The molecule has 10 heteroatoms. The highest BCUT2D eigenvalue weighted by Crippen LogP contribution is 2.50. The van der Waals surface area contributed by atoms with Gasteiger partial charge in [0.25, 0.3) is 0 Å². The van der Waals surface area contributed by atoms with Gasteiger partial charge in [-0.3, -0.25) is 9.36 Å². The Bertz CT molecular complexity index is 1160. The van der Waals surface area contributed by atoms with Gasteiger partial charge < -0.3 is 9.05 Å². The van der Waals surface area contributed by atoms with Gasteiger partial charge in [-0.15, -0.1) is 11.3 Å². The van der Waals surface area contributed by atoms with E-state index in [2.05, 4.69) is 4.98 Å². The molecule has 1 aromatic carbocycles. The van der Waals surface area contributed by atoms with Crippen LogP contribution in [0.2, 0.25) is 0 Å². The second-order valence-corrected chi connectivity index (χ2v) is 13.8. The van der Waals surface area contributed by atoms with Crippen LogP contribution >= 0.6 is 18.9 Å². The van der Waals surface area contributed by atoms with Crippen molar-refractivity contribution in [2.45, 2.75) is 63.2 Å². The maximum Gasteiger partial charge on any atom is 0.354 e. The topological polar surface area (TPSA) is 99.6 Å². The molecule has 0 aliphatic heterocycles. The van der Waals surface area contributed by atoms with Gasteiger partial charge in [-0.1, -0.05) is 37.8 Å². The molecule has 0 amide bonds. The van der Waals surface area contributed by atoms with Crippen LogP contribution in [-0.4, -0.2) is 38.7 Å². The van der Waals surface area contributed by atoms with Crippen molar-refractivity contribution in [3.05, 3.63) is 51.7 Å². The van der Waals surface area contributed by atoms with Crippen molar-refractivity contribution in [1.29, 1.82) is 0 Å². The van der Waals surface area contributed by atoms with Gasteiger partial charge in [0.15, 0.2) is 9.84 Å². The third kappa shape index (κ3) is 8.19. The number of aromatic nitrogens is 1. The van der Waals surface area contributed by atoms with E-state index in [1.165, 1.54) is 36.3 Å². The largest absolute Gasteiger partial charge is 0.354 e. The number of ketones is 1. The minimum Gasteiger partial charge on any atom is -0.306 e. The summed E-state index contributed by atoms with van der Waals surface area (Å²) >= 11 is 1.37. The summed E-state index contributed by atoms with van der Waals surface area (Å²) in [6.07, 6.45) is 10.1. The number of carbonyl (C=O) groups excluding carboxylic acids is 1. The first-order valence-electron chi connectivity index (χ1n) is 12.0. The number of nitrogens with zero attached hydrogens (tertiary/aromatic N) is 1. The zero-order chi connectivity index (χ0) is 25.5. The zero-order valence-electron chi connectivity index (χ0n) is 20.5. The van der Waals surface area contributed by atoms with Crippen molar-refractivity contribution < 1.29 is 26.8 Å². The van der Waals surface area contributed by atoms with Gasteiger partial charge in [0, 0.05) is 29.1 Å². The fraction of sp³-hybridized carbons (Fsp3) is 0.520. The van der Waals surface area contributed by atoms with Gasteiger partial charge in [-0.2, -0.15) is 0 Å². The molecule has 1 atom stereocenters. The van der Waals surface area contributed by atoms with Crippen LogP contribution in [0.5, 0.6) is 0 Å². The second-order valence-electron chi connectivity index (χ2n) is 8.77. The second kappa shape index (κ2) is 12.5. The zero-order valence-corrected chi connectivity index (χ0v) is 23.0. The molecule has 0 radical (unpaired) electrons. The van der Waals surface area contributed by atoms with Crippen molar-refractivity contribution in [2.24, 2.45) is 5.92 Å². The van der Waals surface area contributed by atoms with Gasteiger partial charge in [0.1, 0.15) is 10.8 Å². The Hall–Kier alpha value is -1.64. The van der Waals surface area contributed by atoms with Crippen LogP contribution in [-0.2, 0) is 34.7 Å². The molecule has 0 saturated heterocycles. The summed E-state index contributed by atoms with van der Waals surface area (Å²) in [5.74, 6) is 1.71. The first kappa shape index (κ1) is 27.9. The number of sulfone groups is 1. The third-order valence-electron chi connectivity index (χ3n) is 6.08. The molecule has 1 heterocycles. The summed E-state index contributed by atoms with van der Waals surface area (Å²) in [7, 11) is -6.60. The average Bonchev–Trinajstić information content (AvgIpc) is 3.48. The minimum absolute atomic E-state index is 0.0724. The summed E-state index contributed by atoms with van der Waals surface area (Å²) in [4.78, 5) is 18.8. The molecule has 0 spiro atoms. The molecule has 192 valence electrons. The highest BCUT2D eigenvalue weighted by atomic mass is 32.2. The summed E-state index contributed by atoms with van der Waals surface area (Å²) in [6.45, 7) is 4.06. The Morgan fingerprint density at radius 2 is 1.80 bits per heavy atom. The number of rotatable bonds is 13. The molecule has 1 aliphatic carbocycles. The van der Waals surface area contributed by atoms with Crippen molar-refractivity contribution in [3.8, 4) is 0 Å².